The summed E-state index contributed by atoms with van der Waals surface area (Å²) < 4.78 is 6.94. The number of benzene rings is 1. The van der Waals surface area contributed by atoms with Crippen LogP contribution >= 0.6 is 23.5 Å². The van der Waals surface area contributed by atoms with Gasteiger partial charge < -0.3 is 10.1 Å². The molecule has 11 heteroatoms. The number of fused-ring (bicyclic) bond motifs is 1. The van der Waals surface area contributed by atoms with Crippen LogP contribution in [0, 0.1) is 10.1 Å². The van der Waals surface area contributed by atoms with Crippen LogP contribution in [-0.2, 0) is 16.0 Å². The highest BCUT2D eigenvalue weighted by Gasteiger charge is 2.23. The smallest absolute Gasteiger partial charge is 0.272 e. The fraction of sp³-hybridized carbons (Fsp3) is 0.421. The van der Waals surface area contributed by atoms with Crippen LogP contribution in [0.2, 0.25) is 0 Å². The summed E-state index contributed by atoms with van der Waals surface area (Å²) in [5.41, 5.74) is 0.956. The summed E-state index contributed by atoms with van der Waals surface area (Å²) in [6.07, 6.45) is 2.72. The quantitative estimate of drug-likeness (QED) is 0.296. The number of ether oxygens (including phenoxy) is 1. The lowest BCUT2D eigenvalue weighted by Gasteiger charge is -2.14. The van der Waals surface area contributed by atoms with Crippen molar-refractivity contribution in [2.45, 2.75) is 35.4 Å². The molecule has 3 heterocycles. The van der Waals surface area contributed by atoms with Crippen molar-refractivity contribution >= 4 is 35.1 Å². The highest BCUT2D eigenvalue weighted by Crippen LogP contribution is 2.30. The van der Waals surface area contributed by atoms with E-state index >= 15 is 0 Å². The van der Waals surface area contributed by atoms with Gasteiger partial charge in [-0.05, 0) is 25.0 Å². The highest BCUT2D eigenvalue weighted by molar-refractivity contribution is 8.00. The molecule has 0 bridgehead atoms. The maximum absolute atomic E-state index is 13.1. The Balaban J connectivity index is 1.55. The van der Waals surface area contributed by atoms with Crippen LogP contribution in [0.1, 0.15) is 18.5 Å². The summed E-state index contributed by atoms with van der Waals surface area (Å²) in [5.74, 6) is 0.737. The molecule has 2 aromatic rings. The number of hydrogen-bond donors (Lipinski definition) is 1. The van der Waals surface area contributed by atoms with Crippen LogP contribution in [0.25, 0.3) is 5.69 Å². The lowest BCUT2D eigenvalue weighted by atomic mass is 10.2. The number of carbonyl (C=O) groups is 1. The van der Waals surface area contributed by atoms with E-state index in [9.17, 15) is 19.7 Å². The Hall–Kier alpha value is -2.37. The lowest BCUT2D eigenvalue weighted by molar-refractivity contribution is -0.384. The van der Waals surface area contributed by atoms with Crippen LogP contribution in [0.3, 0.4) is 0 Å². The molecule has 1 saturated heterocycles. The van der Waals surface area contributed by atoms with Crippen molar-refractivity contribution in [3.05, 3.63) is 50.4 Å². The zero-order valence-electron chi connectivity index (χ0n) is 16.0. The molecule has 30 heavy (non-hydrogen) atoms. The topological polar surface area (TPSA) is 116 Å². The SMILES string of the molecule is O=C(CSc1nc2c(c(=O)n1-c1ccc([N+](=O)[O-])cc1)SCC2)NCC1CCCO1. The highest BCUT2D eigenvalue weighted by atomic mass is 32.2. The predicted octanol–water partition coefficient (Wildman–Crippen LogP) is 2.18. The molecule has 158 valence electrons. The molecule has 1 atom stereocenters. The minimum atomic E-state index is -0.489. The third-order valence-electron chi connectivity index (χ3n) is 4.87. The van der Waals surface area contributed by atoms with E-state index < -0.39 is 4.92 Å². The van der Waals surface area contributed by atoms with E-state index in [0.717, 1.165) is 30.9 Å². The van der Waals surface area contributed by atoms with Crippen molar-refractivity contribution in [2.75, 3.05) is 24.7 Å². The van der Waals surface area contributed by atoms with Gasteiger partial charge in [-0.1, -0.05) is 11.8 Å². The van der Waals surface area contributed by atoms with E-state index in [4.69, 9.17) is 4.74 Å². The summed E-state index contributed by atoms with van der Waals surface area (Å²) in [5, 5.41) is 14.2. The number of nitrogens with one attached hydrogen (secondary N) is 1. The van der Waals surface area contributed by atoms with Crippen LogP contribution < -0.4 is 10.9 Å². The first kappa shape index (κ1) is 20.9. The van der Waals surface area contributed by atoms with Gasteiger partial charge >= 0.3 is 0 Å². The lowest BCUT2D eigenvalue weighted by Crippen LogP contribution is -2.33. The predicted molar refractivity (Wildman–Crippen MR) is 114 cm³/mol. The van der Waals surface area contributed by atoms with E-state index in [-0.39, 0.29) is 29.0 Å². The Kier molecular flexibility index (Phi) is 6.40. The summed E-state index contributed by atoms with van der Waals surface area (Å²) >= 11 is 2.64. The first-order valence-electron chi connectivity index (χ1n) is 9.57. The van der Waals surface area contributed by atoms with Crippen molar-refractivity contribution in [1.82, 2.24) is 14.9 Å². The summed E-state index contributed by atoms with van der Waals surface area (Å²) in [6, 6.07) is 5.75. The fourth-order valence-electron chi connectivity index (χ4n) is 3.35. The molecule has 1 aromatic heterocycles. The van der Waals surface area contributed by atoms with E-state index in [2.05, 4.69) is 10.3 Å². The maximum atomic E-state index is 13.1. The van der Waals surface area contributed by atoms with Crippen molar-refractivity contribution in [2.24, 2.45) is 0 Å². The minimum Gasteiger partial charge on any atom is -0.376 e. The zero-order valence-corrected chi connectivity index (χ0v) is 17.7. The maximum Gasteiger partial charge on any atom is 0.272 e. The normalized spacial score (nSPS) is 17.7. The second-order valence-corrected chi connectivity index (χ2v) is 8.96. The number of carbonyl (C=O) groups excluding carboxylic acids is 1. The van der Waals surface area contributed by atoms with E-state index in [1.807, 2.05) is 0 Å². The Bertz CT molecular complexity index is 1020. The number of thioether (sulfide) groups is 2. The first-order chi connectivity index (χ1) is 14.5. The van der Waals surface area contributed by atoms with Crippen LogP contribution in [0.5, 0.6) is 0 Å². The van der Waals surface area contributed by atoms with Gasteiger partial charge in [-0.25, -0.2) is 4.98 Å². The van der Waals surface area contributed by atoms with Crippen molar-refractivity contribution in [3.8, 4) is 5.69 Å². The molecule has 2 aliphatic rings. The van der Waals surface area contributed by atoms with E-state index in [1.165, 1.54) is 52.4 Å². The number of rotatable bonds is 7. The summed E-state index contributed by atoms with van der Waals surface area (Å²) in [6.45, 7) is 1.21. The van der Waals surface area contributed by atoms with Crippen LogP contribution in [0.15, 0.2) is 39.1 Å². The van der Waals surface area contributed by atoms with E-state index in [1.54, 1.807) is 0 Å². The Morgan fingerprint density at radius 2 is 2.20 bits per heavy atom. The van der Waals surface area contributed by atoms with Gasteiger partial charge in [0.2, 0.25) is 5.91 Å². The first-order valence-corrected chi connectivity index (χ1v) is 11.5. The molecule has 4 rings (SSSR count). The number of aryl methyl sites for hydroxylation is 1. The van der Waals surface area contributed by atoms with Crippen LogP contribution in [-0.4, -0.2) is 51.1 Å². The van der Waals surface area contributed by atoms with Gasteiger partial charge in [0.25, 0.3) is 11.2 Å². The molecule has 0 spiro atoms. The number of amides is 1. The molecular weight excluding hydrogens is 428 g/mol. The monoisotopic (exact) mass is 448 g/mol. The van der Waals surface area contributed by atoms with Crippen LogP contribution in [0.4, 0.5) is 5.69 Å². The molecule has 9 nitrogen and oxygen atoms in total. The van der Waals surface area contributed by atoms with E-state index in [0.29, 0.717) is 28.7 Å². The fourth-order valence-corrected chi connectivity index (χ4v) is 5.24. The molecule has 1 fully saturated rings. The van der Waals surface area contributed by atoms with Gasteiger partial charge in [-0.3, -0.25) is 24.3 Å². The third-order valence-corrected chi connectivity index (χ3v) is 6.91. The second-order valence-electron chi connectivity index (χ2n) is 6.91. The Morgan fingerprint density at radius 1 is 1.40 bits per heavy atom. The second kappa shape index (κ2) is 9.19. The van der Waals surface area contributed by atoms with Crippen molar-refractivity contribution in [1.29, 1.82) is 0 Å². The molecule has 0 saturated carbocycles. The number of hydrogen-bond acceptors (Lipinski definition) is 8. The molecule has 2 aliphatic heterocycles. The number of aromatic nitrogens is 2. The average Bonchev–Trinajstić information content (AvgIpc) is 3.43. The third kappa shape index (κ3) is 4.52. The van der Waals surface area contributed by atoms with Crippen molar-refractivity contribution in [3.63, 3.8) is 0 Å². The van der Waals surface area contributed by atoms with Gasteiger partial charge in [0.15, 0.2) is 5.16 Å². The van der Waals surface area contributed by atoms with Gasteiger partial charge in [0, 0.05) is 37.5 Å². The van der Waals surface area contributed by atoms with Gasteiger partial charge in [-0.2, -0.15) is 0 Å². The molecular formula is C19H20N4O5S2. The number of nitro benzene ring substituents is 1. The molecule has 1 aromatic carbocycles. The van der Waals surface area contributed by atoms with Gasteiger partial charge in [0.1, 0.15) is 0 Å². The summed E-state index contributed by atoms with van der Waals surface area (Å²) in [4.78, 5) is 41.0. The van der Waals surface area contributed by atoms with Gasteiger partial charge in [-0.15, -0.1) is 11.8 Å². The zero-order chi connectivity index (χ0) is 21.1. The molecule has 0 radical (unpaired) electrons. The number of nitrogens with zero attached hydrogens (tertiary/aromatic N) is 3. The molecule has 1 N–H and O–H groups in total. The Morgan fingerprint density at radius 3 is 2.90 bits per heavy atom. The standard InChI is InChI=1S/C19H20N4O5S2/c24-16(20-10-14-2-1-8-28-14)11-30-19-21-15-7-9-29-17(15)18(25)22(19)12-3-5-13(6-4-12)23(26)27/h3-6,14H,1-2,7-11H2,(H,20,24). The molecule has 0 aliphatic carbocycles. The van der Waals surface area contributed by atoms with Crippen molar-refractivity contribution < 1.29 is 14.5 Å². The van der Waals surface area contributed by atoms with Gasteiger partial charge in [0.05, 0.1) is 33.1 Å². The number of non-ortho nitro benzene ring substituents is 1. The Labute approximate surface area is 180 Å². The molecule has 1 amide bonds. The average molecular weight is 449 g/mol. The summed E-state index contributed by atoms with van der Waals surface area (Å²) in [7, 11) is 0. The minimum absolute atomic E-state index is 0.0574. The largest absolute Gasteiger partial charge is 0.376 e. The number of nitro groups is 1. The molecule has 1 unspecified atom stereocenters.